The highest BCUT2D eigenvalue weighted by molar-refractivity contribution is 5.86. The van der Waals surface area contributed by atoms with Gasteiger partial charge in [0.15, 0.2) is 0 Å². The smallest absolute Gasteiger partial charge is 0.140 e. The third-order valence-electron chi connectivity index (χ3n) is 2.96. The highest BCUT2D eigenvalue weighted by Gasteiger charge is 2.41. The van der Waals surface area contributed by atoms with Crippen LogP contribution in [0, 0.1) is 11.8 Å². The van der Waals surface area contributed by atoms with Crippen molar-refractivity contribution in [3.8, 4) is 0 Å². The third-order valence-corrected chi connectivity index (χ3v) is 2.96. The number of hydrogen-bond acceptors (Lipinski definition) is 2. The lowest BCUT2D eigenvalue weighted by atomic mass is 9.84. The molecule has 0 saturated heterocycles. The fourth-order valence-corrected chi connectivity index (χ4v) is 2.27. The second kappa shape index (κ2) is 2.06. The Morgan fingerprint density at radius 2 is 1.90 bits per heavy atom. The van der Waals surface area contributed by atoms with Gasteiger partial charge in [0.25, 0.3) is 0 Å². The maximum absolute atomic E-state index is 11.3. The van der Waals surface area contributed by atoms with Crippen LogP contribution in [0.25, 0.3) is 0 Å². The van der Waals surface area contributed by atoms with E-state index in [9.17, 15) is 4.79 Å². The second-order valence-corrected chi connectivity index (χ2v) is 3.52. The molecule has 2 rings (SSSR count). The summed E-state index contributed by atoms with van der Waals surface area (Å²) >= 11 is 0. The lowest BCUT2D eigenvalue weighted by molar-refractivity contribution is -0.126. The van der Waals surface area contributed by atoms with E-state index in [-0.39, 0.29) is 12.0 Å². The molecular weight excluding hydrogens is 126 g/mol. The second-order valence-electron chi connectivity index (χ2n) is 3.52. The number of hydrogen-bond donors (Lipinski definition) is 1. The van der Waals surface area contributed by atoms with E-state index in [4.69, 9.17) is 5.73 Å². The van der Waals surface area contributed by atoms with Gasteiger partial charge in [-0.05, 0) is 25.7 Å². The molecule has 0 spiro atoms. The molecule has 0 aromatic rings. The number of nitrogens with two attached hydrogens (primary N) is 1. The predicted molar refractivity (Wildman–Crippen MR) is 38.4 cm³/mol. The number of ketones is 1. The average molecular weight is 139 g/mol. The molecular formula is C8H13NO. The van der Waals surface area contributed by atoms with E-state index in [2.05, 4.69) is 0 Å². The van der Waals surface area contributed by atoms with E-state index in [1.54, 1.807) is 0 Å². The van der Waals surface area contributed by atoms with Crippen LogP contribution in [-0.4, -0.2) is 11.8 Å². The van der Waals surface area contributed by atoms with Crippen LogP contribution in [0.2, 0.25) is 0 Å². The zero-order chi connectivity index (χ0) is 7.14. The molecule has 0 radical (unpaired) electrons. The largest absolute Gasteiger partial charge is 0.327 e. The fourth-order valence-electron chi connectivity index (χ4n) is 2.27. The SMILES string of the molecule is N[C@@H]1CC[C@@H]2CC[C@H]1C2=O. The predicted octanol–water partition coefficient (Wildman–Crippen LogP) is 0.703. The van der Waals surface area contributed by atoms with E-state index in [1.165, 1.54) is 0 Å². The van der Waals surface area contributed by atoms with E-state index in [0.29, 0.717) is 11.7 Å². The standard InChI is InChI=1S/C8H13NO/c9-7-4-2-5-1-3-6(7)8(5)10/h5-7H,1-4,9H2/t5-,6+,7+/m0/s1. The molecule has 2 heteroatoms. The Labute approximate surface area is 60.8 Å². The van der Waals surface area contributed by atoms with Crippen molar-refractivity contribution < 1.29 is 4.79 Å². The first-order valence-electron chi connectivity index (χ1n) is 4.08. The molecule has 2 bridgehead atoms. The van der Waals surface area contributed by atoms with Gasteiger partial charge < -0.3 is 5.73 Å². The molecule has 56 valence electrons. The minimum Gasteiger partial charge on any atom is -0.327 e. The van der Waals surface area contributed by atoms with Crippen molar-refractivity contribution in [2.24, 2.45) is 17.6 Å². The quantitative estimate of drug-likeness (QED) is 0.537. The summed E-state index contributed by atoms with van der Waals surface area (Å²) in [6.45, 7) is 0. The summed E-state index contributed by atoms with van der Waals surface area (Å²) in [4.78, 5) is 11.3. The van der Waals surface area contributed by atoms with Crippen LogP contribution < -0.4 is 5.73 Å². The van der Waals surface area contributed by atoms with Gasteiger partial charge in [-0.2, -0.15) is 0 Å². The van der Waals surface area contributed by atoms with Gasteiger partial charge in [0.1, 0.15) is 5.78 Å². The van der Waals surface area contributed by atoms with Crippen LogP contribution in [-0.2, 0) is 4.79 Å². The number of rotatable bonds is 0. The molecule has 0 amide bonds. The van der Waals surface area contributed by atoms with Gasteiger partial charge in [0.2, 0.25) is 0 Å². The van der Waals surface area contributed by atoms with Crippen molar-refractivity contribution in [2.45, 2.75) is 31.7 Å². The minimum absolute atomic E-state index is 0.186. The maximum Gasteiger partial charge on any atom is 0.140 e. The summed E-state index contributed by atoms with van der Waals surface area (Å²) in [5, 5.41) is 0. The van der Waals surface area contributed by atoms with E-state index in [1.807, 2.05) is 0 Å². The number of Topliss-reactive ketones (excluding diaryl/α,β-unsaturated/α-hetero) is 1. The molecule has 0 aliphatic heterocycles. The molecule has 0 heterocycles. The number of carbonyl (C=O) groups excluding carboxylic acids is 1. The highest BCUT2D eigenvalue weighted by atomic mass is 16.1. The Hall–Kier alpha value is -0.370. The van der Waals surface area contributed by atoms with Gasteiger partial charge in [-0.1, -0.05) is 0 Å². The van der Waals surface area contributed by atoms with Crippen molar-refractivity contribution in [2.75, 3.05) is 0 Å². The summed E-state index contributed by atoms with van der Waals surface area (Å²) in [5.41, 5.74) is 5.79. The van der Waals surface area contributed by atoms with Crippen LogP contribution in [0.5, 0.6) is 0 Å². The van der Waals surface area contributed by atoms with Crippen molar-refractivity contribution in [3.05, 3.63) is 0 Å². The van der Waals surface area contributed by atoms with Gasteiger partial charge >= 0.3 is 0 Å². The molecule has 3 atom stereocenters. The van der Waals surface area contributed by atoms with Crippen LogP contribution in [0.3, 0.4) is 0 Å². The van der Waals surface area contributed by atoms with Crippen LogP contribution in [0.1, 0.15) is 25.7 Å². The van der Waals surface area contributed by atoms with Crippen LogP contribution >= 0.6 is 0 Å². The van der Waals surface area contributed by atoms with Crippen molar-refractivity contribution >= 4 is 5.78 Å². The first kappa shape index (κ1) is 6.35. The summed E-state index contributed by atoms with van der Waals surface area (Å²) in [7, 11) is 0. The van der Waals surface area contributed by atoms with Crippen LogP contribution in [0.4, 0.5) is 0 Å². The normalized spacial score (nSPS) is 46.1. The minimum atomic E-state index is 0.186. The van der Waals surface area contributed by atoms with E-state index < -0.39 is 0 Å². The fraction of sp³-hybridized carbons (Fsp3) is 0.875. The molecule has 0 unspecified atom stereocenters. The summed E-state index contributed by atoms with van der Waals surface area (Å²) in [6, 6.07) is 0.186. The first-order valence-corrected chi connectivity index (χ1v) is 4.08. The van der Waals surface area contributed by atoms with Crippen molar-refractivity contribution in [1.82, 2.24) is 0 Å². The van der Waals surface area contributed by atoms with Gasteiger partial charge in [-0.25, -0.2) is 0 Å². The molecule has 10 heavy (non-hydrogen) atoms. The molecule has 0 aromatic carbocycles. The Morgan fingerprint density at radius 3 is 2.60 bits per heavy atom. The summed E-state index contributed by atoms with van der Waals surface area (Å²) in [6.07, 6.45) is 4.29. The first-order chi connectivity index (χ1) is 4.79. The van der Waals surface area contributed by atoms with Crippen LogP contribution in [0.15, 0.2) is 0 Å². The number of fused-ring (bicyclic) bond motifs is 2. The van der Waals surface area contributed by atoms with Gasteiger partial charge in [0.05, 0.1) is 0 Å². The Balaban J connectivity index is 2.20. The van der Waals surface area contributed by atoms with Gasteiger partial charge in [0, 0.05) is 17.9 Å². The molecule has 2 aliphatic carbocycles. The van der Waals surface area contributed by atoms with E-state index in [0.717, 1.165) is 25.7 Å². The Bertz CT molecular complexity index is 167. The molecule has 0 aromatic heterocycles. The zero-order valence-electron chi connectivity index (χ0n) is 6.05. The molecule has 2 N–H and O–H groups in total. The third kappa shape index (κ3) is 0.717. The Kier molecular flexibility index (Phi) is 1.31. The average Bonchev–Trinajstić information content (AvgIpc) is 2.13. The topological polar surface area (TPSA) is 43.1 Å². The summed E-state index contributed by atoms with van der Waals surface area (Å²) < 4.78 is 0. The molecule has 2 nitrogen and oxygen atoms in total. The van der Waals surface area contributed by atoms with Gasteiger partial charge in [-0.15, -0.1) is 0 Å². The zero-order valence-corrected chi connectivity index (χ0v) is 6.05. The summed E-state index contributed by atoms with van der Waals surface area (Å²) in [5.74, 6) is 1.09. The molecule has 2 aliphatic rings. The molecule has 2 fully saturated rings. The lowest BCUT2D eigenvalue weighted by Gasteiger charge is -2.23. The van der Waals surface area contributed by atoms with E-state index >= 15 is 0 Å². The molecule has 2 saturated carbocycles. The maximum atomic E-state index is 11.3. The monoisotopic (exact) mass is 139 g/mol. The van der Waals surface area contributed by atoms with Crippen molar-refractivity contribution in [1.29, 1.82) is 0 Å². The lowest BCUT2D eigenvalue weighted by Crippen LogP contribution is -2.38. The highest BCUT2D eigenvalue weighted by Crippen LogP contribution is 2.38. The Morgan fingerprint density at radius 1 is 1.20 bits per heavy atom. The van der Waals surface area contributed by atoms with Crippen molar-refractivity contribution in [3.63, 3.8) is 0 Å². The number of carbonyl (C=O) groups is 1. The van der Waals surface area contributed by atoms with Gasteiger partial charge in [-0.3, -0.25) is 4.79 Å².